The Labute approximate surface area is 187 Å². The number of hydrogen-bond acceptors (Lipinski definition) is 3. The van der Waals surface area contributed by atoms with Gasteiger partial charge in [0.1, 0.15) is 0 Å². The van der Waals surface area contributed by atoms with Gasteiger partial charge in [0.15, 0.2) is 0 Å². The third-order valence-electron chi connectivity index (χ3n) is 5.12. The molecular weight excluding hydrogens is 445 g/mol. The lowest BCUT2D eigenvalue weighted by Crippen LogP contribution is -2.38. The average molecular weight is 470 g/mol. The first kappa shape index (κ1) is 22.9. The molecule has 2 amide bonds. The van der Waals surface area contributed by atoms with Crippen LogP contribution in [0.15, 0.2) is 47.4 Å². The van der Waals surface area contributed by atoms with Crippen LogP contribution in [0.25, 0.3) is 0 Å². The number of carbonyl (C=O) groups excluding carboxylic acids is 1. The standard InChI is InChI=1S/C21H25Cl2N3O3S/c1-25(15-17-9-7-10-18(22)20(17)23)21(27)24-14-16-8-3-4-11-19(16)30(28,29)26-12-5-2-6-13-26/h3-4,7-11H,2,5-6,12-15H2,1H3,(H,24,27). The van der Waals surface area contributed by atoms with Gasteiger partial charge in [-0.3, -0.25) is 0 Å². The molecule has 6 nitrogen and oxygen atoms in total. The summed E-state index contributed by atoms with van der Waals surface area (Å²) in [4.78, 5) is 14.3. The molecule has 162 valence electrons. The van der Waals surface area contributed by atoms with Crippen molar-refractivity contribution in [2.24, 2.45) is 0 Å². The SMILES string of the molecule is CN(Cc1cccc(Cl)c1Cl)C(=O)NCc1ccccc1S(=O)(=O)N1CCCCC1. The van der Waals surface area contributed by atoms with Crippen molar-refractivity contribution in [1.29, 1.82) is 0 Å². The Hall–Kier alpha value is -1.80. The van der Waals surface area contributed by atoms with Gasteiger partial charge < -0.3 is 10.2 Å². The van der Waals surface area contributed by atoms with E-state index in [2.05, 4.69) is 5.32 Å². The van der Waals surface area contributed by atoms with Crippen molar-refractivity contribution in [3.8, 4) is 0 Å². The van der Waals surface area contributed by atoms with Crippen molar-refractivity contribution < 1.29 is 13.2 Å². The zero-order valence-corrected chi connectivity index (χ0v) is 19.1. The summed E-state index contributed by atoms with van der Waals surface area (Å²) in [7, 11) is -1.94. The van der Waals surface area contributed by atoms with E-state index in [9.17, 15) is 13.2 Å². The third kappa shape index (κ3) is 5.27. The maximum atomic E-state index is 13.1. The van der Waals surface area contributed by atoms with Crippen LogP contribution in [0.4, 0.5) is 4.79 Å². The lowest BCUT2D eigenvalue weighted by molar-refractivity contribution is 0.206. The van der Waals surface area contributed by atoms with Crippen molar-refractivity contribution in [2.75, 3.05) is 20.1 Å². The molecule has 0 spiro atoms. The van der Waals surface area contributed by atoms with Crippen LogP contribution in [0.2, 0.25) is 10.0 Å². The molecule has 0 unspecified atom stereocenters. The Bertz CT molecular complexity index is 1010. The van der Waals surface area contributed by atoms with Crippen LogP contribution < -0.4 is 5.32 Å². The number of hydrogen-bond donors (Lipinski definition) is 1. The fourth-order valence-electron chi connectivity index (χ4n) is 3.45. The molecule has 0 saturated carbocycles. The van der Waals surface area contributed by atoms with E-state index in [-0.39, 0.29) is 24.0 Å². The van der Waals surface area contributed by atoms with Crippen molar-refractivity contribution in [2.45, 2.75) is 37.2 Å². The van der Waals surface area contributed by atoms with Gasteiger partial charge in [0.25, 0.3) is 0 Å². The summed E-state index contributed by atoms with van der Waals surface area (Å²) >= 11 is 12.2. The number of nitrogens with one attached hydrogen (secondary N) is 1. The maximum Gasteiger partial charge on any atom is 0.317 e. The predicted molar refractivity (Wildman–Crippen MR) is 119 cm³/mol. The number of amides is 2. The predicted octanol–water partition coefficient (Wildman–Crippen LogP) is 4.51. The van der Waals surface area contributed by atoms with Crippen LogP contribution in [0.5, 0.6) is 0 Å². The summed E-state index contributed by atoms with van der Waals surface area (Å²) < 4.78 is 27.7. The lowest BCUT2D eigenvalue weighted by atomic mass is 10.2. The Morgan fingerprint density at radius 1 is 1.03 bits per heavy atom. The molecule has 1 heterocycles. The number of urea groups is 1. The van der Waals surface area contributed by atoms with E-state index < -0.39 is 10.0 Å². The van der Waals surface area contributed by atoms with Crippen LogP contribution in [-0.2, 0) is 23.1 Å². The Balaban J connectivity index is 1.68. The largest absolute Gasteiger partial charge is 0.334 e. The van der Waals surface area contributed by atoms with Gasteiger partial charge in [-0.1, -0.05) is 60.0 Å². The molecule has 0 atom stereocenters. The molecule has 9 heteroatoms. The summed E-state index contributed by atoms with van der Waals surface area (Å²) in [6.45, 7) is 1.45. The minimum atomic E-state index is -3.58. The maximum absolute atomic E-state index is 13.1. The van der Waals surface area contributed by atoms with E-state index in [4.69, 9.17) is 23.2 Å². The highest BCUT2D eigenvalue weighted by molar-refractivity contribution is 7.89. The number of rotatable bonds is 6. The molecule has 0 aromatic heterocycles. The molecule has 1 aliphatic rings. The summed E-state index contributed by atoms with van der Waals surface area (Å²) in [6.07, 6.45) is 2.79. The van der Waals surface area contributed by atoms with Gasteiger partial charge in [0, 0.05) is 33.2 Å². The van der Waals surface area contributed by atoms with E-state index in [0.29, 0.717) is 28.7 Å². The van der Waals surface area contributed by atoms with Gasteiger partial charge in [-0.2, -0.15) is 4.31 Å². The first-order chi connectivity index (χ1) is 14.3. The zero-order valence-electron chi connectivity index (χ0n) is 16.8. The van der Waals surface area contributed by atoms with E-state index in [1.54, 1.807) is 49.5 Å². The Morgan fingerprint density at radius 3 is 2.43 bits per heavy atom. The lowest BCUT2D eigenvalue weighted by Gasteiger charge is -2.27. The molecule has 1 aliphatic heterocycles. The molecule has 3 rings (SSSR count). The second-order valence-corrected chi connectivity index (χ2v) is 9.99. The summed E-state index contributed by atoms with van der Waals surface area (Å²) in [6, 6.07) is 11.7. The second-order valence-electron chi connectivity index (χ2n) is 7.30. The second kappa shape index (κ2) is 10.0. The minimum Gasteiger partial charge on any atom is -0.334 e. The number of piperidine rings is 1. The van der Waals surface area contributed by atoms with Crippen molar-refractivity contribution in [1.82, 2.24) is 14.5 Å². The van der Waals surface area contributed by atoms with Crippen molar-refractivity contribution >= 4 is 39.3 Å². The molecule has 0 bridgehead atoms. The van der Waals surface area contributed by atoms with Gasteiger partial charge in [0.2, 0.25) is 10.0 Å². The highest BCUT2D eigenvalue weighted by atomic mass is 35.5. The van der Waals surface area contributed by atoms with Gasteiger partial charge in [0.05, 0.1) is 14.9 Å². The fraction of sp³-hybridized carbons (Fsp3) is 0.381. The molecule has 1 N–H and O–H groups in total. The van der Waals surface area contributed by atoms with Gasteiger partial charge >= 0.3 is 6.03 Å². The highest BCUT2D eigenvalue weighted by Gasteiger charge is 2.28. The zero-order chi connectivity index (χ0) is 21.7. The molecule has 1 fully saturated rings. The number of sulfonamides is 1. The third-order valence-corrected chi connectivity index (χ3v) is 7.98. The normalized spacial score (nSPS) is 15.0. The summed E-state index contributed by atoms with van der Waals surface area (Å²) in [5, 5.41) is 3.64. The minimum absolute atomic E-state index is 0.107. The number of nitrogens with zero attached hydrogens (tertiary/aromatic N) is 2. The first-order valence-corrected chi connectivity index (χ1v) is 12.0. The van der Waals surface area contributed by atoms with E-state index in [1.807, 2.05) is 0 Å². The monoisotopic (exact) mass is 469 g/mol. The molecule has 1 saturated heterocycles. The van der Waals surface area contributed by atoms with Gasteiger partial charge in [-0.05, 0) is 36.1 Å². The van der Waals surface area contributed by atoms with Crippen LogP contribution >= 0.6 is 23.2 Å². The number of benzene rings is 2. The topological polar surface area (TPSA) is 69.7 Å². The summed E-state index contributed by atoms with van der Waals surface area (Å²) in [5.41, 5.74) is 1.29. The quantitative estimate of drug-likeness (QED) is 0.676. The molecule has 30 heavy (non-hydrogen) atoms. The molecular formula is C21H25Cl2N3O3S. The fourth-order valence-corrected chi connectivity index (χ4v) is 5.57. The van der Waals surface area contributed by atoms with Crippen LogP contribution in [-0.4, -0.2) is 43.8 Å². The molecule has 2 aromatic rings. The Morgan fingerprint density at radius 2 is 1.70 bits per heavy atom. The number of halogens is 2. The molecule has 0 radical (unpaired) electrons. The van der Waals surface area contributed by atoms with Crippen molar-refractivity contribution in [3.05, 3.63) is 63.6 Å². The van der Waals surface area contributed by atoms with E-state index in [0.717, 1.165) is 24.8 Å². The first-order valence-electron chi connectivity index (χ1n) is 9.80. The van der Waals surface area contributed by atoms with E-state index in [1.165, 1.54) is 9.21 Å². The van der Waals surface area contributed by atoms with Crippen LogP contribution in [0.3, 0.4) is 0 Å². The van der Waals surface area contributed by atoms with Gasteiger partial charge in [-0.25, -0.2) is 13.2 Å². The van der Waals surface area contributed by atoms with E-state index >= 15 is 0 Å². The van der Waals surface area contributed by atoms with Crippen molar-refractivity contribution in [3.63, 3.8) is 0 Å². The highest BCUT2D eigenvalue weighted by Crippen LogP contribution is 2.26. The molecule has 0 aliphatic carbocycles. The van der Waals surface area contributed by atoms with Crippen LogP contribution in [0, 0.1) is 0 Å². The Kier molecular flexibility index (Phi) is 7.63. The average Bonchev–Trinajstić information content (AvgIpc) is 2.76. The number of carbonyl (C=O) groups is 1. The van der Waals surface area contributed by atoms with Crippen LogP contribution in [0.1, 0.15) is 30.4 Å². The summed E-state index contributed by atoms with van der Waals surface area (Å²) in [5.74, 6) is 0. The smallest absolute Gasteiger partial charge is 0.317 e. The van der Waals surface area contributed by atoms with Gasteiger partial charge in [-0.15, -0.1) is 0 Å². The molecule has 2 aromatic carbocycles.